The molecular weight excluding hydrogens is 288 g/mol. The van der Waals surface area contributed by atoms with Crippen LogP contribution < -0.4 is 0 Å². The van der Waals surface area contributed by atoms with E-state index in [1.54, 1.807) is 0 Å². The zero-order chi connectivity index (χ0) is 13.8. The first-order valence-electron chi connectivity index (χ1n) is 7.15. The number of rotatable bonds is 7. The monoisotopic (exact) mass is 314 g/mol. The van der Waals surface area contributed by atoms with Gasteiger partial charge < -0.3 is 0 Å². The van der Waals surface area contributed by atoms with Crippen molar-refractivity contribution >= 4 is 15.9 Å². The van der Waals surface area contributed by atoms with Crippen molar-refractivity contribution in [2.24, 2.45) is 7.05 Å². The van der Waals surface area contributed by atoms with Gasteiger partial charge in [-0.25, -0.2) is 0 Å². The molecule has 0 aliphatic heterocycles. The van der Waals surface area contributed by atoms with Crippen LogP contribution in [-0.4, -0.2) is 9.78 Å². The standard InChI is InChI=1S/C15H27BrN2/c1-6-8-10-15(4,11-9-7-2)14-13(16)12(3)17-18(14)5/h6-11H2,1-5H3. The highest BCUT2D eigenvalue weighted by Gasteiger charge is 2.31. The van der Waals surface area contributed by atoms with E-state index in [-0.39, 0.29) is 5.41 Å². The zero-order valence-electron chi connectivity index (χ0n) is 12.5. The van der Waals surface area contributed by atoms with Gasteiger partial charge in [0, 0.05) is 12.5 Å². The summed E-state index contributed by atoms with van der Waals surface area (Å²) >= 11 is 3.74. The average molecular weight is 315 g/mol. The van der Waals surface area contributed by atoms with Crippen molar-refractivity contribution in [2.45, 2.75) is 71.6 Å². The van der Waals surface area contributed by atoms with Gasteiger partial charge in [0.05, 0.1) is 15.9 Å². The Balaban J connectivity index is 3.07. The number of aryl methyl sites for hydroxylation is 2. The molecule has 0 spiro atoms. The lowest BCUT2D eigenvalue weighted by Crippen LogP contribution is -2.26. The molecule has 0 bridgehead atoms. The molecule has 0 amide bonds. The third-order valence-electron chi connectivity index (χ3n) is 3.89. The van der Waals surface area contributed by atoms with Crippen molar-refractivity contribution in [3.8, 4) is 0 Å². The van der Waals surface area contributed by atoms with Gasteiger partial charge in [-0.05, 0) is 35.7 Å². The Labute approximate surface area is 120 Å². The first kappa shape index (κ1) is 15.7. The smallest absolute Gasteiger partial charge is 0.0738 e. The molecule has 0 aliphatic carbocycles. The molecule has 1 heterocycles. The molecule has 0 atom stereocenters. The lowest BCUT2D eigenvalue weighted by Gasteiger charge is -2.30. The number of nitrogens with zero attached hydrogens (tertiary/aromatic N) is 2. The van der Waals surface area contributed by atoms with Crippen LogP contribution in [0.25, 0.3) is 0 Å². The van der Waals surface area contributed by atoms with Crippen LogP contribution in [0.3, 0.4) is 0 Å². The summed E-state index contributed by atoms with van der Waals surface area (Å²) in [5.41, 5.74) is 2.73. The molecule has 1 rings (SSSR count). The van der Waals surface area contributed by atoms with Crippen molar-refractivity contribution < 1.29 is 0 Å². The molecular formula is C15H27BrN2. The van der Waals surface area contributed by atoms with E-state index < -0.39 is 0 Å². The fraction of sp³-hybridized carbons (Fsp3) is 0.800. The normalized spacial score (nSPS) is 12.1. The molecule has 3 heteroatoms. The largest absolute Gasteiger partial charge is 0.271 e. The third kappa shape index (κ3) is 3.37. The van der Waals surface area contributed by atoms with Gasteiger partial charge >= 0.3 is 0 Å². The van der Waals surface area contributed by atoms with E-state index in [2.05, 4.69) is 60.5 Å². The summed E-state index contributed by atoms with van der Waals surface area (Å²) < 4.78 is 3.28. The fourth-order valence-corrected chi connectivity index (χ4v) is 3.60. The van der Waals surface area contributed by atoms with Crippen LogP contribution >= 0.6 is 15.9 Å². The van der Waals surface area contributed by atoms with Crippen molar-refractivity contribution in [3.63, 3.8) is 0 Å². The van der Waals surface area contributed by atoms with E-state index in [4.69, 9.17) is 0 Å². The second-order valence-corrected chi connectivity index (χ2v) is 6.43. The first-order chi connectivity index (χ1) is 8.46. The van der Waals surface area contributed by atoms with E-state index in [9.17, 15) is 0 Å². The van der Waals surface area contributed by atoms with Crippen LogP contribution in [0.1, 0.15) is 70.7 Å². The molecule has 0 unspecified atom stereocenters. The SMILES string of the molecule is CCCCC(C)(CCCC)c1c(Br)c(C)nn1C. The predicted molar refractivity (Wildman–Crippen MR) is 82.0 cm³/mol. The summed E-state index contributed by atoms with van der Waals surface area (Å²) in [6, 6.07) is 0. The maximum Gasteiger partial charge on any atom is 0.0738 e. The fourth-order valence-electron chi connectivity index (χ4n) is 2.78. The van der Waals surface area contributed by atoms with Crippen LogP contribution in [-0.2, 0) is 12.5 Å². The molecule has 1 aromatic heterocycles. The van der Waals surface area contributed by atoms with E-state index in [1.165, 1.54) is 48.7 Å². The highest BCUT2D eigenvalue weighted by atomic mass is 79.9. The first-order valence-corrected chi connectivity index (χ1v) is 7.95. The quantitative estimate of drug-likeness (QED) is 0.682. The van der Waals surface area contributed by atoms with Crippen LogP contribution in [0, 0.1) is 6.92 Å². The van der Waals surface area contributed by atoms with Crippen LogP contribution in [0.5, 0.6) is 0 Å². The lowest BCUT2D eigenvalue weighted by molar-refractivity contribution is 0.350. The minimum atomic E-state index is 0.251. The van der Waals surface area contributed by atoms with Gasteiger partial charge in [0.15, 0.2) is 0 Å². The molecule has 2 nitrogen and oxygen atoms in total. The number of unbranched alkanes of at least 4 members (excludes halogenated alkanes) is 2. The number of hydrogen-bond acceptors (Lipinski definition) is 1. The predicted octanol–water partition coefficient (Wildman–Crippen LogP) is 5.13. The molecule has 18 heavy (non-hydrogen) atoms. The minimum Gasteiger partial charge on any atom is -0.271 e. The third-order valence-corrected chi connectivity index (χ3v) is 4.83. The second kappa shape index (κ2) is 6.74. The Bertz CT molecular complexity index is 374. The van der Waals surface area contributed by atoms with E-state index >= 15 is 0 Å². The molecule has 0 saturated heterocycles. The van der Waals surface area contributed by atoms with Crippen LogP contribution in [0.15, 0.2) is 4.47 Å². The van der Waals surface area contributed by atoms with E-state index in [0.717, 1.165) is 5.69 Å². The highest BCUT2D eigenvalue weighted by molar-refractivity contribution is 9.10. The van der Waals surface area contributed by atoms with Crippen molar-refractivity contribution in [3.05, 3.63) is 15.9 Å². The number of aromatic nitrogens is 2. The maximum atomic E-state index is 4.56. The summed E-state index contributed by atoms with van der Waals surface area (Å²) in [4.78, 5) is 0. The Morgan fingerprint density at radius 2 is 1.67 bits per heavy atom. The Morgan fingerprint density at radius 3 is 2.00 bits per heavy atom. The van der Waals surface area contributed by atoms with Crippen LogP contribution in [0.4, 0.5) is 0 Å². The zero-order valence-corrected chi connectivity index (χ0v) is 14.1. The Kier molecular flexibility index (Phi) is 5.90. The molecule has 0 aliphatic rings. The topological polar surface area (TPSA) is 17.8 Å². The molecule has 0 N–H and O–H groups in total. The number of halogens is 1. The Morgan fingerprint density at radius 1 is 1.17 bits per heavy atom. The number of hydrogen-bond donors (Lipinski definition) is 0. The molecule has 0 saturated carbocycles. The maximum absolute atomic E-state index is 4.56. The highest BCUT2D eigenvalue weighted by Crippen LogP contribution is 2.39. The lowest BCUT2D eigenvalue weighted by atomic mass is 9.77. The van der Waals surface area contributed by atoms with Gasteiger partial charge in [-0.1, -0.05) is 46.5 Å². The molecule has 0 radical (unpaired) electrons. The Hall–Kier alpha value is -0.310. The summed E-state index contributed by atoms with van der Waals surface area (Å²) in [6.45, 7) is 9.01. The van der Waals surface area contributed by atoms with Gasteiger partial charge in [-0.3, -0.25) is 4.68 Å². The molecule has 1 aromatic rings. The van der Waals surface area contributed by atoms with E-state index in [0.29, 0.717) is 0 Å². The summed E-state index contributed by atoms with van der Waals surface area (Å²) in [5.74, 6) is 0. The molecule has 0 aromatic carbocycles. The van der Waals surface area contributed by atoms with Gasteiger partial charge in [0.1, 0.15) is 0 Å². The van der Waals surface area contributed by atoms with Crippen molar-refractivity contribution in [1.29, 1.82) is 0 Å². The summed E-state index contributed by atoms with van der Waals surface area (Å²) in [6.07, 6.45) is 7.60. The second-order valence-electron chi connectivity index (χ2n) is 5.64. The van der Waals surface area contributed by atoms with E-state index in [1.807, 2.05) is 0 Å². The summed E-state index contributed by atoms with van der Waals surface area (Å²) in [5, 5.41) is 4.56. The van der Waals surface area contributed by atoms with Crippen molar-refractivity contribution in [1.82, 2.24) is 9.78 Å². The summed E-state index contributed by atoms with van der Waals surface area (Å²) in [7, 11) is 2.07. The average Bonchev–Trinajstić information content (AvgIpc) is 2.59. The van der Waals surface area contributed by atoms with Gasteiger partial charge in [-0.2, -0.15) is 5.10 Å². The van der Waals surface area contributed by atoms with Gasteiger partial charge in [0.25, 0.3) is 0 Å². The molecule has 104 valence electrons. The van der Waals surface area contributed by atoms with Gasteiger partial charge in [0.2, 0.25) is 0 Å². The molecule has 0 fully saturated rings. The minimum absolute atomic E-state index is 0.251. The van der Waals surface area contributed by atoms with Crippen molar-refractivity contribution in [2.75, 3.05) is 0 Å². The van der Waals surface area contributed by atoms with Crippen LogP contribution in [0.2, 0.25) is 0 Å². The van der Waals surface area contributed by atoms with Gasteiger partial charge in [-0.15, -0.1) is 0 Å².